The van der Waals surface area contributed by atoms with Gasteiger partial charge in [-0.15, -0.1) is 11.3 Å². The van der Waals surface area contributed by atoms with Gasteiger partial charge in [0.25, 0.3) is 15.9 Å². The van der Waals surface area contributed by atoms with E-state index in [9.17, 15) is 22.8 Å². The fourth-order valence-corrected chi connectivity index (χ4v) is 5.89. The van der Waals surface area contributed by atoms with Crippen LogP contribution >= 0.6 is 11.3 Å². The van der Waals surface area contributed by atoms with Crippen molar-refractivity contribution < 1.29 is 13.2 Å². The number of rotatable bonds is 5. The Kier molecular flexibility index (Phi) is 6.01. The number of H-pyrrole nitrogens is 2. The molecule has 0 saturated carbocycles. The van der Waals surface area contributed by atoms with E-state index in [-0.39, 0.29) is 16.3 Å². The predicted molar refractivity (Wildman–Crippen MR) is 135 cm³/mol. The van der Waals surface area contributed by atoms with E-state index in [0.29, 0.717) is 29.2 Å². The second-order valence-corrected chi connectivity index (χ2v) is 10.8. The van der Waals surface area contributed by atoms with Crippen LogP contribution in [0.2, 0.25) is 0 Å². The summed E-state index contributed by atoms with van der Waals surface area (Å²) in [5.41, 5.74) is -0.0327. The van der Waals surface area contributed by atoms with Crippen molar-refractivity contribution in [2.45, 2.75) is 4.90 Å². The molecule has 0 spiro atoms. The first-order chi connectivity index (χ1) is 16.8. The lowest BCUT2D eigenvalue weighted by Crippen LogP contribution is -2.46. The zero-order valence-electron chi connectivity index (χ0n) is 18.3. The summed E-state index contributed by atoms with van der Waals surface area (Å²) in [5, 5.41) is 3.23. The summed E-state index contributed by atoms with van der Waals surface area (Å²) in [7, 11) is -3.98. The highest BCUT2D eigenvalue weighted by Gasteiger charge is 2.20. The van der Waals surface area contributed by atoms with E-state index in [1.54, 1.807) is 24.3 Å². The molecular weight excluding hydrogens is 490 g/mol. The van der Waals surface area contributed by atoms with E-state index in [4.69, 9.17) is 0 Å². The molecule has 0 aliphatic carbocycles. The third-order valence-corrected chi connectivity index (χ3v) is 8.13. The summed E-state index contributed by atoms with van der Waals surface area (Å²) in [6, 6.07) is 14.6. The number of amides is 1. The molecular formula is C23H21N5O5S2. The number of nitrogens with zero attached hydrogens (tertiary/aromatic N) is 1. The predicted octanol–water partition coefficient (Wildman–Crippen LogP) is 1.79. The zero-order valence-corrected chi connectivity index (χ0v) is 20.0. The zero-order chi connectivity index (χ0) is 24.6. The fraction of sp³-hybridized carbons (Fsp3) is 0.174. The number of fused-ring (bicyclic) bond motifs is 1. The average Bonchev–Trinajstić information content (AvgIpc) is 3.35. The second-order valence-electron chi connectivity index (χ2n) is 8.01. The van der Waals surface area contributed by atoms with E-state index < -0.39 is 21.1 Å². The number of carbonyl (C=O) groups is 1. The molecule has 0 bridgehead atoms. The molecule has 5 rings (SSSR count). The van der Waals surface area contributed by atoms with Gasteiger partial charge in [0, 0.05) is 36.7 Å². The molecule has 35 heavy (non-hydrogen) atoms. The summed E-state index contributed by atoms with van der Waals surface area (Å²) in [6.07, 6.45) is 0. The largest absolute Gasteiger partial charge is 0.335 e. The highest BCUT2D eigenvalue weighted by molar-refractivity contribution is 7.92. The van der Waals surface area contributed by atoms with Crippen molar-refractivity contribution in [3.63, 3.8) is 0 Å². The molecule has 12 heteroatoms. The van der Waals surface area contributed by atoms with Crippen molar-refractivity contribution in [2.75, 3.05) is 30.9 Å². The molecule has 1 aliphatic rings. The van der Waals surface area contributed by atoms with Crippen molar-refractivity contribution >= 4 is 44.0 Å². The fourth-order valence-electron chi connectivity index (χ4n) is 3.84. The van der Waals surface area contributed by atoms with E-state index in [2.05, 4.69) is 20.0 Å². The number of hydrogen-bond acceptors (Lipinski definition) is 7. The van der Waals surface area contributed by atoms with Crippen LogP contribution in [0.15, 0.2) is 69.1 Å². The van der Waals surface area contributed by atoms with E-state index >= 15 is 0 Å². The van der Waals surface area contributed by atoms with Crippen LogP contribution in [0, 0.1) is 0 Å². The SMILES string of the molecule is O=C(c1ccc(-c2cccc(NS(=O)(=O)c3ccc4[nH]c(=O)c(=O)[nH]c4c3)c2)s1)N1CCNCC1. The van der Waals surface area contributed by atoms with Crippen molar-refractivity contribution in [1.82, 2.24) is 20.2 Å². The summed E-state index contributed by atoms with van der Waals surface area (Å²) < 4.78 is 28.5. The van der Waals surface area contributed by atoms with Crippen molar-refractivity contribution in [2.24, 2.45) is 0 Å². The van der Waals surface area contributed by atoms with Crippen molar-refractivity contribution in [3.05, 3.63) is 80.2 Å². The Morgan fingerprint density at radius 2 is 1.66 bits per heavy atom. The molecule has 4 aromatic rings. The van der Waals surface area contributed by atoms with Crippen LogP contribution in [0.4, 0.5) is 5.69 Å². The number of hydrogen-bond donors (Lipinski definition) is 4. The number of nitrogens with one attached hydrogen (secondary N) is 4. The maximum Gasteiger partial charge on any atom is 0.314 e. The molecule has 1 fully saturated rings. The molecule has 1 amide bonds. The van der Waals surface area contributed by atoms with Gasteiger partial charge in [-0.2, -0.15) is 0 Å². The molecule has 10 nitrogen and oxygen atoms in total. The maximum atomic E-state index is 13.0. The molecule has 2 aromatic heterocycles. The van der Waals surface area contributed by atoms with Gasteiger partial charge >= 0.3 is 11.1 Å². The standard InChI is InChI=1S/C23H21N5O5S2/c29-21-22(30)26-18-13-16(4-5-17(18)25-21)35(32,33)27-15-3-1-2-14(12-15)19-6-7-20(34-19)23(31)28-10-8-24-9-11-28/h1-7,12-13,24,27H,8-11H2,(H,25,29)(H,26,30). The normalized spacial score (nSPS) is 14.2. The number of aromatic nitrogens is 2. The Morgan fingerprint density at radius 1 is 0.914 bits per heavy atom. The van der Waals surface area contributed by atoms with Crippen LogP contribution in [0.1, 0.15) is 9.67 Å². The van der Waals surface area contributed by atoms with E-state index in [1.807, 2.05) is 17.0 Å². The Balaban J connectivity index is 1.38. The molecule has 3 heterocycles. The monoisotopic (exact) mass is 511 g/mol. The van der Waals surface area contributed by atoms with Crippen molar-refractivity contribution in [3.8, 4) is 10.4 Å². The highest BCUT2D eigenvalue weighted by Crippen LogP contribution is 2.31. The molecule has 0 radical (unpaired) electrons. The third-order valence-electron chi connectivity index (χ3n) is 5.62. The summed E-state index contributed by atoms with van der Waals surface area (Å²) >= 11 is 1.36. The molecule has 1 aliphatic heterocycles. The van der Waals surface area contributed by atoms with Gasteiger partial charge in [-0.25, -0.2) is 8.42 Å². The maximum absolute atomic E-state index is 13.0. The Hall–Kier alpha value is -3.74. The summed E-state index contributed by atoms with van der Waals surface area (Å²) in [5.74, 6) is -0.00435. The number of sulfonamides is 1. The van der Waals surface area contributed by atoms with Gasteiger partial charge in [-0.05, 0) is 48.0 Å². The molecule has 2 aromatic carbocycles. The smallest absolute Gasteiger partial charge is 0.314 e. The van der Waals surface area contributed by atoms with Crippen LogP contribution in [0.3, 0.4) is 0 Å². The molecule has 1 saturated heterocycles. The van der Waals surface area contributed by atoms with Gasteiger partial charge in [0.1, 0.15) is 0 Å². The minimum Gasteiger partial charge on any atom is -0.335 e. The first-order valence-corrected chi connectivity index (χ1v) is 13.1. The third kappa shape index (κ3) is 4.76. The Labute approximate surface area is 203 Å². The Bertz CT molecular complexity index is 1650. The van der Waals surface area contributed by atoms with Gasteiger partial charge in [0.05, 0.1) is 20.8 Å². The number of benzene rings is 2. The second kappa shape index (κ2) is 9.13. The number of anilines is 1. The van der Waals surface area contributed by atoms with Crippen LogP contribution in [-0.4, -0.2) is 55.4 Å². The van der Waals surface area contributed by atoms with Gasteiger partial charge in [-0.1, -0.05) is 12.1 Å². The summed E-state index contributed by atoms with van der Waals surface area (Å²) in [6.45, 7) is 2.89. The summed E-state index contributed by atoms with van der Waals surface area (Å²) in [4.78, 5) is 43.8. The number of piperazine rings is 1. The van der Waals surface area contributed by atoms with Crippen LogP contribution < -0.4 is 21.2 Å². The van der Waals surface area contributed by atoms with E-state index in [0.717, 1.165) is 23.5 Å². The van der Waals surface area contributed by atoms with Crippen LogP contribution in [0.25, 0.3) is 21.5 Å². The number of carbonyl (C=O) groups excluding carboxylic acids is 1. The Morgan fingerprint density at radius 3 is 2.43 bits per heavy atom. The van der Waals surface area contributed by atoms with Gasteiger partial charge < -0.3 is 20.2 Å². The first-order valence-electron chi connectivity index (χ1n) is 10.8. The first kappa shape index (κ1) is 23.0. The van der Waals surface area contributed by atoms with Crippen LogP contribution in [0.5, 0.6) is 0 Å². The molecule has 0 atom stereocenters. The minimum atomic E-state index is -3.98. The quantitative estimate of drug-likeness (QED) is 0.301. The molecule has 4 N–H and O–H groups in total. The molecule has 180 valence electrons. The van der Waals surface area contributed by atoms with Crippen molar-refractivity contribution in [1.29, 1.82) is 0 Å². The topological polar surface area (TPSA) is 144 Å². The highest BCUT2D eigenvalue weighted by atomic mass is 32.2. The average molecular weight is 512 g/mol. The number of thiophene rings is 1. The van der Waals surface area contributed by atoms with Gasteiger partial charge in [0.2, 0.25) is 0 Å². The lowest BCUT2D eigenvalue weighted by atomic mass is 10.2. The van der Waals surface area contributed by atoms with E-state index in [1.165, 1.54) is 29.5 Å². The van der Waals surface area contributed by atoms with Gasteiger partial charge in [-0.3, -0.25) is 19.1 Å². The minimum absolute atomic E-state index is 0.00435. The van der Waals surface area contributed by atoms with Gasteiger partial charge in [0.15, 0.2) is 0 Å². The lowest BCUT2D eigenvalue weighted by molar-refractivity contribution is 0.0740. The number of aromatic amines is 2. The lowest BCUT2D eigenvalue weighted by Gasteiger charge is -2.26. The van der Waals surface area contributed by atoms with Crippen LogP contribution in [-0.2, 0) is 10.0 Å². The molecule has 0 unspecified atom stereocenters.